The van der Waals surface area contributed by atoms with Crippen LogP contribution in [0.4, 0.5) is 13.2 Å². The maximum Gasteiger partial charge on any atom is 0.150 e. The fourth-order valence-corrected chi connectivity index (χ4v) is 1.31. The van der Waals surface area contributed by atoms with Gasteiger partial charge in [-0.25, -0.2) is 13.2 Å². The Balaban J connectivity index is 2.55. The van der Waals surface area contributed by atoms with E-state index in [0.717, 1.165) is 0 Å². The second-order valence-corrected chi connectivity index (χ2v) is 3.13. The van der Waals surface area contributed by atoms with Crippen LogP contribution < -0.4 is 5.73 Å². The number of halogens is 3. The monoisotopic (exact) mass is 228 g/mol. The normalized spacial score (nSPS) is 10.8. The molecule has 2 N–H and O–H groups in total. The minimum atomic E-state index is -1.03. The number of benzene rings is 1. The molecule has 2 aromatic rings. The Kier molecular flexibility index (Phi) is 2.66. The molecule has 84 valence electrons. The molecule has 3 nitrogen and oxygen atoms in total. The Morgan fingerprint density at radius 1 is 1.12 bits per heavy atom. The molecule has 0 atom stereocenters. The highest BCUT2D eigenvalue weighted by Crippen LogP contribution is 2.26. The van der Waals surface area contributed by atoms with Crippen molar-refractivity contribution >= 4 is 0 Å². The van der Waals surface area contributed by atoms with Crippen LogP contribution in [0.3, 0.4) is 0 Å². The highest BCUT2D eigenvalue weighted by atomic mass is 19.1. The van der Waals surface area contributed by atoms with Gasteiger partial charge in [-0.3, -0.25) is 0 Å². The molecule has 0 spiro atoms. The van der Waals surface area contributed by atoms with Gasteiger partial charge in [-0.15, -0.1) is 0 Å². The average Bonchev–Trinajstić information content (AvgIpc) is 2.64. The zero-order valence-corrected chi connectivity index (χ0v) is 8.01. The van der Waals surface area contributed by atoms with E-state index in [1.807, 2.05) is 0 Å². The predicted octanol–water partition coefficient (Wildman–Crippen LogP) is 2.22. The van der Waals surface area contributed by atoms with Gasteiger partial charge in [-0.1, -0.05) is 5.16 Å². The number of nitrogens with zero attached hydrogens (tertiary/aromatic N) is 1. The second kappa shape index (κ2) is 3.97. The third-order valence-electron chi connectivity index (χ3n) is 2.02. The van der Waals surface area contributed by atoms with Crippen molar-refractivity contribution in [3.05, 3.63) is 41.4 Å². The first kappa shape index (κ1) is 10.7. The first-order chi connectivity index (χ1) is 7.61. The third-order valence-corrected chi connectivity index (χ3v) is 2.02. The number of hydrogen-bond acceptors (Lipinski definition) is 3. The van der Waals surface area contributed by atoms with Gasteiger partial charge < -0.3 is 10.3 Å². The molecule has 16 heavy (non-hydrogen) atoms. The van der Waals surface area contributed by atoms with Gasteiger partial charge in [0, 0.05) is 18.2 Å². The molecule has 0 fully saturated rings. The van der Waals surface area contributed by atoms with Crippen LogP contribution in [0.5, 0.6) is 0 Å². The smallest absolute Gasteiger partial charge is 0.150 e. The molecule has 0 saturated heterocycles. The van der Waals surface area contributed by atoms with Crippen molar-refractivity contribution in [2.24, 2.45) is 5.73 Å². The predicted molar refractivity (Wildman–Crippen MR) is 49.7 cm³/mol. The molecule has 6 heteroatoms. The Morgan fingerprint density at radius 3 is 2.25 bits per heavy atom. The number of hydrogen-bond donors (Lipinski definition) is 1. The molecule has 0 radical (unpaired) electrons. The van der Waals surface area contributed by atoms with Crippen LogP contribution in [0, 0.1) is 17.5 Å². The Morgan fingerprint density at radius 2 is 1.75 bits per heavy atom. The Labute approximate surface area is 88.7 Å². The zero-order chi connectivity index (χ0) is 11.7. The van der Waals surface area contributed by atoms with Gasteiger partial charge >= 0.3 is 0 Å². The fraction of sp³-hybridized carbons (Fsp3) is 0.100. The van der Waals surface area contributed by atoms with Crippen LogP contribution in [0.1, 0.15) is 5.76 Å². The molecule has 1 heterocycles. The Bertz CT molecular complexity index is 502. The van der Waals surface area contributed by atoms with Gasteiger partial charge in [0.05, 0.1) is 12.1 Å². The molecular formula is C10H7F3N2O. The van der Waals surface area contributed by atoms with Crippen molar-refractivity contribution in [3.8, 4) is 11.3 Å². The van der Waals surface area contributed by atoms with Gasteiger partial charge in [-0.05, 0) is 0 Å². The topological polar surface area (TPSA) is 52.0 Å². The van der Waals surface area contributed by atoms with Gasteiger partial charge in [0.1, 0.15) is 23.1 Å². The first-order valence-corrected chi connectivity index (χ1v) is 4.42. The summed E-state index contributed by atoms with van der Waals surface area (Å²) in [5.41, 5.74) is 4.79. The van der Waals surface area contributed by atoms with Crippen LogP contribution in [0.15, 0.2) is 22.7 Å². The maximum absolute atomic E-state index is 13.3. The highest BCUT2D eigenvalue weighted by Gasteiger charge is 2.17. The molecule has 1 aromatic heterocycles. The molecule has 0 aliphatic rings. The summed E-state index contributed by atoms with van der Waals surface area (Å²) in [5, 5.41) is 3.45. The van der Waals surface area contributed by atoms with E-state index < -0.39 is 23.0 Å². The molecule has 1 aromatic carbocycles. The van der Waals surface area contributed by atoms with E-state index in [4.69, 9.17) is 10.3 Å². The zero-order valence-electron chi connectivity index (χ0n) is 8.01. The van der Waals surface area contributed by atoms with Crippen LogP contribution in [-0.4, -0.2) is 5.16 Å². The second-order valence-electron chi connectivity index (χ2n) is 3.13. The standard InChI is InChI=1S/C10H7F3N2O/c11-5-1-7(12)10(8(13)2-5)9-3-6(4-14)16-15-9/h1-3H,4,14H2. The molecule has 0 saturated carbocycles. The van der Waals surface area contributed by atoms with Gasteiger partial charge in [-0.2, -0.15) is 0 Å². The van der Waals surface area contributed by atoms with Crippen molar-refractivity contribution in [2.75, 3.05) is 0 Å². The van der Waals surface area contributed by atoms with Crippen LogP contribution in [0.2, 0.25) is 0 Å². The van der Waals surface area contributed by atoms with Gasteiger partial charge in [0.25, 0.3) is 0 Å². The summed E-state index contributed by atoms with van der Waals surface area (Å²) < 4.78 is 44.0. The van der Waals surface area contributed by atoms with Crippen molar-refractivity contribution < 1.29 is 17.7 Å². The summed E-state index contributed by atoms with van der Waals surface area (Å²) in [6.07, 6.45) is 0. The summed E-state index contributed by atoms with van der Waals surface area (Å²) >= 11 is 0. The lowest BCUT2D eigenvalue weighted by Crippen LogP contribution is -1.93. The average molecular weight is 228 g/mol. The van der Waals surface area contributed by atoms with E-state index in [1.54, 1.807) is 0 Å². The fourth-order valence-electron chi connectivity index (χ4n) is 1.31. The van der Waals surface area contributed by atoms with Crippen molar-refractivity contribution in [3.63, 3.8) is 0 Å². The Hall–Kier alpha value is -1.82. The summed E-state index contributed by atoms with van der Waals surface area (Å²) in [5.74, 6) is -2.76. The molecule has 2 rings (SSSR count). The van der Waals surface area contributed by atoms with E-state index in [0.29, 0.717) is 12.1 Å². The largest absolute Gasteiger partial charge is 0.359 e. The summed E-state index contributed by atoms with van der Waals surface area (Å²) in [6.45, 7) is 0.0669. The summed E-state index contributed by atoms with van der Waals surface area (Å²) in [6, 6.07) is 2.46. The van der Waals surface area contributed by atoms with Crippen molar-refractivity contribution in [1.82, 2.24) is 5.16 Å². The molecule has 0 aliphatic carbocycles. The number of rotatable bonds is 2. The van der Waals surface area contributed by atoms with Crippen LogP contribution in [-0.2, 0) is 6.54 Å². The van der Waals surface area contributed by atoms with Crippen molar-refractivity contribution in [2.45, 2.75) is 6.54 Å². The highest BCUT2D eigenvalue weighted by molar-refractivity contribution is 5.60. The van der Waals surface area contributed by atoms with E-state index in [2.05, 4.69) is 5.16 Å². The first-order valence-electron chi connectivity index (χ1n) is 4.42. The molecule has 0 bridgehead atoms. The number of aromatic nitrogens is 1. The quantitative estimate of drug-likeness (QED) is 0.857. The molecular weight excluding hydrogens is 221 g/mol. The van der Waals surface area contributed by atoms with E-state index in [-0.39, 0.29) is 18.0 Å². The summed E-state index contributed by atoms with van der Waals surface area (Å²) in [7, 11) is 0. The number of nitrogens with two attached hydrogens (primary N) is 1. The molecule has 0 aliphatic heterocycles. The SMILES string of the molecule is NCc1cc(-c2c(F)cc(F)cc2F)no1. The van der Waals surface area contributed by atoms with E-state index in [9.17, 15) is 13.2 Å². The van der Waals surface area contributed by atoms with E-state index >= 15 is 0 Å². The third kappa shape index (κ3) is 1.79. The van der Waals surface area contributed by atoms with Crippen molar-refractivity contribution in [1.29, 1.82) is 0 Å². The lowest BCUT2D eigenvalue weighted by Gasteiger charge is -2.00. The van der Waals surface area contributed by atoms with Gasteiger partial charge in [0.2, 0.25) is 0 Å². The maximum atomic E-state index is 13.3. The van der Waals surface area contributed by atoms with Crippen LogP contribution >= 0.6 is 0 Å². The van der Waals surface area contributed by atoms with E-state index in [1.165, 1.54) is 6.07 Å². The van der Waals surface area contributed by atoms with Gasteiger partial charge in [0.15, 0.2) is 5.76 Å². The minimum absolute atomic E-state index is 0.0459. The lowest BCUT2D eigenvalue weighted by atomic mass is 10.1. The molecule has 0 unspecified atom stereocenters. The lowest BCUT2D eigenvalue weighted by molar-refractivity contribution is 0.386. The summed E-state index contributed by atoms with van der Waals surface area (Å²) in [4.78, 5) is 0. The van der Waals surface area contributed by atoms with Crippen LogP contribution in [0.25, 0.3) is 11.3 Å². The molecule has 0 amide bonds. The minimum Gasteiger partial charge on any atom is -0.359 e.